The van der Waals surface area contributed by atoms with E-state index in [2.05, 4.69) is 35.1 Å². The highest BCUT2D eigenvalue weighted by atomic mass is 32.2. The number of azo groups is 1. The van der Waals surface area contributed by atoms with Crippen LogP contribution in [0.1, 0.15) is 0 Å². The van der Waals surface area contributed by atoms with Crippen molar-refractivity contribution >= 4 is 45.4 Å². The summed E-state index contributed by atoms with van der Waals surface area (Å²) in [6.45, 7) is 0. The summed E-state index contributed by atoms with van der Waals surface area (Å²) in [6.07, 6.45) is 2.91. The Hall–Kier alpha value is -3.27. The molecule has 4 rings (SSSR count). The second-order valence-electron chi connectivity index (χ2n) is 5.03. The Kier molecular flexibility index (Phi) is 3.86. The van der Waals surface area contributed by atoms with Gasteiger partial charge in [-0.25, -0.2) is 15.0 Å². The average Bonchev–Trinajstić information content (AvgIpc) is 3.22. The summed E-state index contributed by atoms with van der Waals surface area (Å²) in [6, 6.07) is 7.24. The lowest BCUT2D eigenvalue weighted by molar-refractivity contribution is -0.115. The van der Waals surface area contributed by atoms with Crippen LogP contribution >= 0.6 is 11.8 Å². The minimum atomic E-state index is -0.444. The Morgan fingerprint density at radius 3 is 3.04 bits per heavy atom. The summed E-state index contributed by atoms with van der Waals surface area (Å²) in [5.41, 5.74) is 2.17. The van der Waals surface area contributed by atoms with Gasteiger partial charge in [0.25, 0.3) is 5.91 Å². The highest BCUT2D eigenvalue weighted by molar-refractivity contribution is 8.00. The van der Waals surface area contributed by atoms with Gasteiger partial charge in [0.2, 0.25) is 5.88 Å². The third-order valence-corrected chi connectivity index (χ3v) is 4.42. The molecule has 0 atom stereocenters. The molecule has 0 spiro atoms. The number of amides is 1. The summed E-state index contributed by atoms with van der Waals surface area (Å²) in [5.74, 6) is -0.515. The first-order chi connectivity index (χ1) is 12.2. The van der Waals surface area contributed by atoms with Gasteiger partial charge >= 0.3 is 0 Å². The van der Waals surface area contributed by atoms with Gasteiger partial charge in [0, 0.05) is 5.39 Å². The first-order valence-electron chi connectivity index (χ1n) is 7.23. The number of H-pyrrole nitrogens is 2. The molecular formula is C15H11N7O2S. The van der Waals surface area contributed by atoms with E-state index in [0.29, 0.717) is 21.6 Å². The zero-order valence-electron chi connectivity index (χ0n) is 12.7. The maximum Gasteiger partial charge on any atom is 0.274 e. The van der Waals surface area contributed by atoms with Crippen molar-refractivity contribution < 1.29 is 9.90 Å². The van der Waals surface area contributed by atoms with E-state index in [-0.39, 0.29) is 17.3 Å². The molecule has 3 heterocycles. The van der Waals surface area contributed by atoms with Gasteiger partial charge in [-0.1, -0.05) is 30.0 Å². The second kappa shape index (κ2) is 6.32. The number of aromatic amines is 2. The number of hydrogen-bond donors (Lipinski definition) is 3. The number of nitrogens with zero attached hydrogens (tertiary/aromatic N) is 5. The van der Waals surface area contributed by atoms with E-state index in [1.807, 2.05) is 12.1 Å². The second-order valence-corrected chi connectivity index (χ2v) is 5.99. The summed E-state index contributed by atoms with van der Waals surface area (Å²) in [7, 11) is 0. The number of carbonyl (C=O) groups excluding carboxylic acids is 1. The number of hydrogen-bond acceptors (Lipinski definition) is 7. The molecule has 10 heteroatoms. The number of rotatable bonds is 4. The molecule has 1 aromatic carbocycles. The number of nitrogens with one attached hydrogen (secondary N) is 2. The van der Waals surface area contributed by atoms with Crippen LogP contribution in [0.5, 0.6) is 5.88 Å². The van der Waals surface area contributed by atoms with Gasteiger partial charge in [-0.3, -0.25) is 4.79 Å². The van der Waals surface area contributed by atoms with Crippen LogP contribution in [-0.4, -0.2) is 41.7 Å². The Morgan fingerprint density at radius 1 is 1.24 bits per heavy atom. The molecular weight excluding hydrogens is 342 g/mol. The first kappa shape index (κ1) is 15.3. The normalized spacial score (nSPS) is 11.7. The summed E-state index contributed by atoms with van der Waals surface area (Å²) in [4.78, 5) is 29.9. The lowest BCUT2D eigenvalue weighted by Crippen LogP contribution is -1.97. The maximum atomic E-state index is 12.0. The molecule has 3 N–H and O–H groups in total. The molecule has 1 amide bonds. The maximum absolute atomic E-state index is 12.0. The zero-order chi connectivity index (χ0) is 17.2. The molecule has 0 aliphatic carbocycles. The van der Waals surface area contributed by atoms with Crippen LogP contribution in [0.3, 0.4) is 0 Å². The van der Waals surface area contributed by atoms with Crippen molar-refractivity contribution in [3.8, 4) is 5.88 Å². The molecule has 0 bridgehead atoms. The van der Waals surface area contributed by atoms with E-state index >= 15 is 0 Å². The molecule has 0 radical (unpaired) electrons. The van der Waals surface area contributed by atoms with Crippen molar-refractivity contribution in [3.63, 3.8) is 0 Å². The van der Waals surface area contributed by atoms with Crippen molar-refractivity contribution in [2.45, 2.75) is 5.03 Å². The van der Waals surface area contributed by atoms with E-state index < -0.39 is 5.91 Å². The van der Waals surface area contributed by atoms with Gasteiger partial charge in [-0.05, 0) is 6.07 Å². The standard InChI is InChI=1S/C15H11N7O2S/c23-10(5-25-15-12-13(17-6-16-12)18-7-19-15)21-22-11-8-3-1-2-4-9(8)20-14(11)24/h1-4,6-7,20,24H,5H2,(H,16,17,18,19). The Bertz CT molecular complexity index is 1100. The predicted molar refractivity (Wildman–Crippen MR) is 91.9 cm³/mol. The van der Waals surface area contributed by atoms with Crippen LogP contribution in [0, 0.1) is 0 Å². The number of benzene rings is 1. The number of carbonyl (C=O) groups is 1. The third-order valence-electron chi connectivity index (χ3n) is 3.44. The fourth-order valence-corrected chi connectivity index (χ4v) is 3.07. The largest absolute Gasteiger partial charge is 0.493 e. The van der Waals surface area contributed by atoms with Crippen molar-refractivity contribution in [1.29, 1.82) is 0 Å². The monoisotopic (exact) mass is 353 g/mol. The van der Waals surface area contributed by atoms with Gasteiger partial charge in [0.15, 0.2) is 11.3 Å². The van der Waals surface area contributed by atoms with Gasteiger partial charge in [0.1, 0.15) is 16.9 Å². The summed E-state index contributed by atoms with van der Waals surface area (Å²) >= 11 is 1.21. The van der Waals surface area contributed by atoms with Gasteiger partial charge < -0.3 is 15.1 Å². The molecule has 9 nitrogen and oxygen atoms in total. The predicted octanol–water partition coefficient (Wildman–Crippen LogP) is 2.94. The van der Waals surface area contributed by atoms with E-state index in [1.165, 1.54) is 24.4 Å². The van der Waals surface area contributed by atoms with Crippen molar-refractivity contribution in [3.05, 3.63) is 36.9 Å². The number of para-hydroxylation sites is 1. The van der Waals surface area contributed by atoms with Crippen LogP contribution < -0.4 is 0 Å². The quantitative estimate of drug-likeness (QED) is 0.293. The number of aromatic nitrogens is 5. The minimum Gasteiger partial charge on any atom is -0.493 e. The van der Waals surface area contributed by atoms with Gasteiger partial charge in [0.05, 0.1) is 17.6 Å². The molecule has 124 valence electrons. The topological polar surface area (TPSA) is 132 Å². The summed E-state index contributed by atoms with van der Waals surface area (Å²) < 4.78 is 0. The average molecular weight is 353 g/mol. The molecule has 0 aliphatic heterocycles. The molecule has 0 saturated carbocycles. The number of thioether (sulfide) groups is 1. The fourth-order valence-electron chi connectivity index (χ4n) is 2.33. The van der Waals surface area contributed by atoms with Crippen molar-refractivity contribution in [2.75, 3.05) is 5.75 Å². The smallest absolute Gasteiger partial charge is 0.274 e. The van der Waals surface area contributed by atoms with E-state index in [1.54, 1.807) is 12.1 Å². The molecule has 0 fully saturated rings. The number of imidazole rings is 1. The number of fused-ring (bicyclic) bond motifs is 2. The van der Waals surface area contributed by atoms with Crippen LogP contribution in [0.4, 0.5) is 5.69 Å². The van der Waals surface area contributed by atoms with E-state index in [0.717, 1.165) is 5.52 Å². The first-order valence-corrected chi connectivity index (χ1v) is 8.22. The molecule has 25 heavy (non-hydrogen) atoms. The van der Waals surface area contributed by atoms with E-state index in [9.17, 15) is 9.90 Å². The molecule has 0 aliphatic rings. The Balaban J connectivity index is 1.49. The molecule has 3 aromatic heterocycles. The van der Waals surface area contributed by atoms with Crippen molar-refractivity contribution in [2.24, 2.45) is 10.2 Å². The van der Waals surface area contributed by atoms with Crippen LogP contribution in [0.2, 0.25) is 0 Å². The Labute approximate surface area is 144 Å². The van der Waals surface area contributed by atoms with Crippen LogP contribution in [0.15, 0.2) is 52.2 Å². The Morgan fingerprint density at radius 2 is 2.12 bits per heavy atom. The minimum absolute atomic E-state index is 0.0533. The lowest BCUT2D eigenvalue weighted by Gasteiger charge is -1.98. The highest BCUT2D eigenvalue weighted by Gasteiger charge is 2.12. The van der Waals surface area contributed by atoms with Crippen LogP contribution in [-0.2, 0) is 4.79 Å². The molecule has 0 unspecified atom stereocenters. The fraction of sp³-hybridized carbons (Fsp3) is 0.0667. The zero-order valence-corrected chi connectivity index (χ0v) is 13.5. The van der Waals surface area contributed by atoms with Crippen molar-refractivity contribution in [1.82, 2.24) is 24.9 Å². The van der Waals surface area contributed by atoms with Gasteiger partial charge in [-0.15, -0.1) is 10.2 Å². The SMILES string of the molecule is O=C(CSc1ncnc2nc[nH]c12)N=Nc1c(O)[nH]c2ccccc12. The molecule has 4 aromatic rings. The summed E-state index contributed by atoms with van der Waals surface area (Å²) in [5, 5.41) is 18.8. The third kappa shape index (κ3) is 2.94. The lowest BCUT2D eigenvalue weighted by atomic mass is 10.2. The highest BCUT2D eigenvalue weighted by Crippen LogP contribution is 2.35. The molecule has 0 saturated heterocycles. The van der Waals surface area contributed by atoms with E-state index in [4.69, 9.17) is 0 Å². The van der Waals surface area contributed by atoms with Gasteiger partial charge in [-0.2, -0.15) is 0 Å². The van der Waals surface area contributed by atoms with Crippen LogP contribution in [0.25, 0.3) is 22.1 Å². The number of aromatic hydroxyl groups is 1.